The summed E-state index contributed by atoms with van der Waals surface area (Å²) in [6.07, 6.45) is 4.02. The first-order chi connectivity index (χ1) is 5.27. The van der Waals surface area contributed by atoms with Crippen LogP contribution in [0.2, 0.25) is 5.02 Å². The molecule has 1 aromatic rings. The number of nitrogens with zero attached hydrogens (tertiary/aromatic N) is 1. The number of hydrogen-bond donors (Lipinski definition) is 0. The van der Waals surface area contributed by atoms with E-state index in [4.69, 9.17) is 11.6 Å². The van der Waals surface area contributed by atoms with Gasteiger partial charge < -0.3 is 4.57 Å². The summed E-state index contributed by atoms with van der Waals surface area (Å²) in [5, 5.41) is 0.520. The molecule has 0 amide bonds. The molecule has 0 aromatic carbocycles. The molecule has 1 aliphatic carbocycles. The van der Waals surface area contributed by atoms with Crippen molar-refractivity contribution < 1.29 is 0 Å². The highest BCUT2D eigenvalue weighted by molar-refractivity contribution is 6.30. The van der Waals surface area contributed by atoms with Gasteiger partial charge in [0.05, 0.1) is 0 Å². The molecule has 0 spiro atoms. The van der Waals surface area contributed by atoms with E-state index in [0.29, 0.717) is 11.1 Å². The van der Waals surface area contributed by atoms with Crippen LogP contribution in [-0.2, 0) is 0 Å². The molecule has 11 heavy (non-hydrogen) atoms. The molecule has 3 heteroatoms. The van der Waals surface area contributed by atoms with E-state index in [2.05, 4.69) is 0 Å². The number of halogens is 1. The maximum absolute atomic E-state index is 11.2. The molecule has 0 bridgehead atoms. The first kappa shape index (κ1) is 6.92. The Kier molecular flexibility index (Phi) is 1.50. The third-order valence-corrected chi connectivity index (χ3v) is 2.09. The largest absolute Gasteiger partial charge is 0.312 e. The lowest BCUT2D eigenvalue weighted by Crippen LogP contribution is -2.16. The van der Waals surface area contributed by atoms with Crippen LogP contribution in [0.4, 0.5) is 0 Å². The molecule has 1 heterocycles. The van der Waals surface area contributed by atoms with Gasteiger partial charge in [0, 0.05) is 23.3 Å². The molecule has 2 rings (SSSR count). The van der Waals surface area contributed by atoms with E-state index >= 15 is 0 Å². The molecule has 0 radical (unpaired) electrons. The molecule has 0 atom stereocenters. The quantitative estimate of drug-likeness (QED) is 0.629. The summed E-state index contributed by atoms with van der Waals surface area (Å²) in [4.78, 5) is 11.2. The lowest BCUT2D eigenvalue weighted by atomic mass is 10.4. The average Bonchev–Trinajstić information content (AvgIpc) is 2.70. The number of aromatic nitrogens is 1. The van der Waals surface area contributed by atoms with Crippen molar-refractivity contribution in [1.82, 2.24) is 4.57 Å². The van der Waals surface area contributed by atoms with Gasteiger partial charge in [0.1, 0.15) is 0 Å². The summed E-state index contributed by atoms with van der Waals surface area (Å²) in [6, 6.07) is 3.65. The van der Waals surface area contributed by atoms with E-state index in [0.717, 1.165) is 12.8 Å². The maximum atomic E-state index is 11.2. The van der Waals surface area contributed by atoms with Gasteiger partial charge in [-0.1, -0.05) is 11.6 Å². The Morgan fingerprint density at radius 2 is 2.27 bits per heavy atom. The molecule has 0 saturated heterocycles. The first-order valence-electron chi connectivity index (χ1n) is 3.65. The van der Waals surface area contributed by atoms with Crippen LogP contribution in [0.15, 0.2) is 23.1 Å². The Balaban J connectivity index is 2.48. The van der Waals surface area contributed by atoms with Gasteiger partial charge in [0.25, 0.3) is 5.56 Å². The molecule has 1 aliphatic rings. The van der Waals surface area contributed by atoms with Gasteiger partial charge in [-0.25, -0.2) is 0 Å². The summed E-state index contributed by atoms with van der Waals surface area (Å²) in [6.45, 7) is 0. The molecular weight excluding hydrogens is 162 g/mol. The molecule has 1 saturated carbocycles. The summed E-state index contributed by atoms with van der Waals surface area (Å²) in [7, 11) is 0. The van der Waals surface area contributed by atoms with Gasteiger partial charge in [-0.2, -0.15) is 0 Å². The van der Waals surface area contributed by atoms with E-state index in [1.165, 1.54) is 6.07 Å². The highest BCUT2D eigenvalue weighted by Crippen LogP contribution is 2.33. The topological polar surface area (TPSA) is 22.0 Å². The SMILES string of the molecule is O=c1cc(Cl)ccn1C1CC1. The van der Waals surface area contributed by atoms with Crippen molar-refractivity contribution in [3.05, 3.63) is 33.7 Å². The van der Waals surface area contributed by atoms with Crippen LogP contribution in [0, 0.1) is 0 Å². The van der Waals surface area contributed by atoms with Crippen molar-refractivity contribution in [2.75, 3.05) is 0 Å². The van der Waals surface area contributed by atoms with Gasteiger partial charge >= 0.3 is 0 Å². The lowest BCUT2D eigenvalue weighted by Gasteiger charge is -2.00. The standard InChI is InChI=1S/C8H8ClNO/c9-6-3-4-10(7-1-2-7)8(11)5-6/h3-5,7H,1-2H2. The zero-order chi connectivity index (χ0) is 7.84. The Morgan fingerprint density at radius 1 is 1.55 bits per heavy atom. The van der Waals surface area contributed by atoms with Gasteiger partial charge in [0.2, 0.25) is 0 Å². The summed E-state index contributed by atoms with van der Waals surface area (Å²) < 4.78 is 1.74. The highest BCUT2D eigenvalue weighted by Gasteiger charge is 2.23. The molecule has 0 N–H and O–H groups in total. The van der Waals surface area contributed by atoms with Crippen LogP contribution in [0.1, 0.15) is 18.9 Å². The fraction of sp³-hybridized carbons (Fsp3) is 0.375. The minimum atomic E-state index is 0.0139. The molecule has 1 aromatic heterocycles. The van der Waals surface area contributed by atoms with E-state index in [1.807, 2.05) is 0 Å². The van der Waals surface area contributed by atoms with E-state index < -0.39 is 0 Å². The van der Waals surface area contributed by atoms with Crippen molar-refractivity contribution in [1.29, 1.82) is 0 Å². The van der Waals surface area contributed by atoms with E-state index in [9.17, 15) is 4.79 Å². The Labute approximate surface area is 69.4 Å². The van der Waals surface area contributed by atoms with Crippen LogP contribution in [0.5, 0.6) is 0 Å². The maximum Gasteiger partial charge on any atom is 0.252 e. The van der Waals surface area contributed by atoms with E-state index in [-0.39, 0.29) is 5.56 Å². The van der Waals surface area contributed by atoms with E-state index in [1.54, 1.807) is 16.8 Å². The Bertz CT molecular complexity index is 327. The molecule has 0 unspecified atom stereocenters. The molecule has 2 nitrogen and oxygen atoms in total. The predicted molar refractivity (Wildman–Crippen MR) is 44.0 cm³/mol. The lowest BCUT2D eigenvalue weighted by molar-refractivity contribution is 0.707. The van der Waals surface area contributed by atoms with Crippen LogP contribution in [-0.4, -0.2) is 4.57 Å². The second-order valence-electron chi connectivity index (χ2n) is 2.82. The monoisotopic (exact) mass is 169 g/mol. The fourth-order valence-electron chi connectivity index (χ4n) is 1.12. The van der Waals surface area contributed by atoms with Gasteiger partial charge in [-0.05, 0) is 18.9 Å². The van der Waals surface area contributed by atoms with Crippen molar-refractivity contribution in [2.24, 2.45) is 0 Å². The zero-order valence-corrected chi connectivity index (χ0v) is 6.71. The normalized spacial score (nSPS) is 16.8. The number of hydrogen-bond acceptors (Lipinski definition) is 1. The van der Waals surface area contributed by atoms with Crippen LogP contribution < -0.4 is 5.56 Å². The second-order valence-corrected chi connectivity index (χ2v) is 3.26. The van der Waals surface area contributed by atoms with Gasteiger partial charge in [-0.3, -0.25) is 4.79 Å². The molecule has 1 fully saturated rings. The minimum absolute atomic E-state index is 0.0139. The Hall–Kier alpha value is -0.760. The zero-order valence-electron chi connectivity index (χ0n) is 5.96. The highest BCUT2D eigenvalue weighted by atomic mass is 35.5. The van der Waals surface area contributed by atoms with Crippen LogP contribution >= 0.6 is 11.6 Å². The van der Waals surface area contributed by atoms with Gasteiger partial charge in [0.15, 0.2) is 0 Å². The number of pyridine rings is 1. The fourth-order valence-corrected chi connectivity index (χ4v) is 1.27. The predicted octanol–water partition coefficient (Wildman–Crippen LogP) is 1.84. The second kappa shape index (κ2) is 2.38. The molecule has 0 aliphatic heterocycles. The van der Waals surface area contributed by atoms with Gasteiger partial charge in [-0.15, -0.1) is 0 Å². The minimum Gasteiger partial charge on any atom is -0.312 e. The summed E-state index contributed by atoms with van der Waals surface area (Å²) >= 11 is 5.63. The first-order valence-corrected chi connectivity index (χ1v) is 4.03. The average molecular weight is 170 g/mol. The van der Waals surface area contributed by atoms with Crippen LogP contribution in [0.25, 0.3) is 0 Å². The Morgan fingerprint density at radius 3 is 2.82 bits per heavy atom. The van der Waals surface area contributed by atoms with Crippen LogP contribution in [0.3, 0.4) is 0 Å². The smallest absolute Gasteiger partial charge is 0.252 e. The van der Waals surface area contributed by atoms with Crippen molar-refractivity contribution in [3.8, 4) is 0 Å². The number of rotatable bonds is 1. The van der Waals surface area contributed by atoms with Crippen molar-refractivity contribution >= 4 is 11.6 Å². The summed E-state index contributed by atoms with van der Waals surface area (Å²) in [5.74, 6) is 0. The molecule has 58 valence electrons. The molecular formula is C8H8ClNO. The van der Waals surface area contributed by atoms with Crippen molar-refractivity contribution in [3.63, 3.8) is 0 Å². The third kappa shape index (κ3) is 1.31. The third-order valence-electron chi connectivity index (χ3n) is 1.85. The van der Waals surface area contributed by atoms with Crippen molar-refractivity contribution in [2.45, 2.75) is 18.9 Å². The summed E-state index contributed by atoms with van der Waals surface area (Å²) in [5.41, 5.74) is 0.0139.